The number of rotatable bonds is 7. The molecule has 0 unspecified atom stereocenters. The molecule has 0 aliphatic carbocycles. The molecule has 0 saturated heterocycles. The molecule has 0 spiro atoms. The molecule has 0 bridgehead atoms. The molecular formula is C11H23NO3. The van der Waals surface area contributed by atoms with Crippen LogP contribution < -0.4 is 5.73 Å². The van der Waals surface area contributed by atoms with E-state index in [9.17, 15) is 4.79 Å². The zero-order valence-corrected chi connectivity index (χ0v) is 10.2. The van der Waals surface area contributed by atoms with E-state index >= 15 is 0 Å². The number of nitrogens with two attached hydrogens (primary N) is 1. The van der Waals surface area contributed by atoms with Crippen LogP contribution in [0.15, 0.2) is 0 Å². The van der Waals surface area contributed by atoms with Gasteiger partial charge in [0.1, 0.15) is 6.61 Å². The van der Waals surface area contributed by atoms with Crippen molar-refractivity contribution in [1.29, 1.82) is 0 Å². The minimum absolute atomic E-state index is 0.0168. The Hall–Kier alpha value is -0.610. The number of hydrogen-bond acceptors (Lipinski definition) is 4. The smallest absolute Gasteiger partial charge is 0.332 e. The highest BCUT2D eigenvalue weighted by Gasteiger charge is 2.26. The maximum Gasteiger partial charge on any atom is 0.332 e. The quantitative estimate of drug-likeness (QED) is 0.656. The Labute approximate surface area is 92.1 Å². The second-order valence-electron chi connectivity index (χ2n) is 3.92. The van der Waals surface area contributed by atoms with Gasteiger partial charge in [0.05, 0.1) is 11.7 Å². The summed E-state index contributed by atoms with van der Waals surface area (Å²) in [5, 5.41) is 0. The predicted molar refractivity (Wildman–Crippen MR) is 59.5 cm³/mol. The van der Waals surface area contributed by atoms with Gasteiger partial charge < -0.3 is 15.2 Å². The fraction of sp³-hybridized carbons (Fsp3) is 0.909. The molecule has 0 amide bonds. The molecule has 0 saturated carbocycles. The fourth-order valence-corrected chi connectivity index (χ4v) is 1.31. The summed E-state index contributed by atoms with van der Waals surface area (Å²) in [6.07, 6.45) is 1.50. The Kier molecular flexibility index (Phi) is 6.52. The first-order chi connectivity index (χ1) is 6.99. The van der Waals surface area contributed by atoms with Crippen LogP contribution in [0, 0.1) is 0 Å². The summed E-state index contributed by atoms with van der Waals surface area (Å²) in [6.45, 7) is 8.04. The van der Waals surface area contributed by atoms with E-state index in [0.29, 0.717) is 6.54 Å². The van der Waals surface area contributed by atoms with Gasteiger partial charge in [0, 0.05) is 6.54 Å². The molecule has 0 rings (SSSR count). The van der Waals surface area contributed by atoms with Crippen LogP contribution in [0.5, 0.6) is 0 Å². The van der Waals surface area contributed by atoms with E-state index < -0.39 is 0 Å². The van der Waals surface area contributed by atoms with E-state index in [2.05, 4.69) is 0 Å². The maximum atomic E-state index is 11.3. The van der Waals surface area contributed by atoms with Crippen molar-refractivity contribution in [1.82, 2.24) is 0 Å². The molecule has 0 aromatic rings. The van der Waals surface area contributed by atoms with E-state index in [1.807, 2.05) is 27.7 Å². The number of carbonyl (C=O) groups is 1. The van der Waals surface area contributed by atoms with E-state index in [1.54, 1.807) is 0 Å². The van der Waals surface area contributed by atoms with Gasteiger partial charge in [0.2, 0.25) is 0 Å². The van der Waals surface area contributed by atoms with Crippen LogP contribution >= 0.6 is 0 Å². The van der Waals surface area contributed by atoms with Gasteiger partial charge in [-0.05, 0) is 26.7 Å². The minimum atomic E-state index is -0.379. The van der Waals surface area contributed by atoms with Crippen LogP contribution in [-0.2, 0) is 14.3 Å². The van der Waals surface area contributed by atoms with Crippen LogP contribution in [0.2, 0.25) is 0 Å². The lowest BCUT2D eigenvalue weighted by Gasteiger charge is -2.29. The first kappa shape index (κ1) is 14.4. The van der Waals surface area contributed by atoms with Gasteiger partial charge >= 0.3 is 5.97 Å². The van der Waals surface area contributed by atoms with E-state index in [1.165, 1.54) is 0 Å². The van der Waals surface area contributed by atoms with E-state index in [-0.39, 0.29) is 24.3 Å². The standard InChI is InChI=1S/C11H23NO3/c1-5-11(6-2,8-12)14-7-10(13)15-9(3)4/h9H,5-8,12H2,1-4H3. The lowest BCUT2D eigenvalue weighted by Crippen LogP contribution is -2.41. The number of hydrogen-bond donors (Lipinski definition) is 1. The van der Waals surface area contributed by atoms with Crippen molar-refractivity contribution < 1.29 is 14.3 Å². The molecule has 0 heterocycles. The molecule has 0 aromatic carbocycles. The van der Waals surface area contributed by atoms with Gasteiger partial charge in [-0.3, -0.25) is 0 Å². The van der Waals surface area contributed by atoms with Crippen molar-refractivity contribution in [2.45, 2.75) is 52.2 Å². The molecule has 0 aliphatic heterocycles. The molecule has 90 valence electrons. The zero-order valence-electron chi connectivity index (χ0n) is 10.2. The second kappa shape index (κ2) is 6.80. The first-order valence-electron chi connectivity index (χ1n) is 5.53. The van der Waals surface area contributed by atoms with Crippen LogP contribution in [-0.4, -0.2) is 30.8 Å². The molecule has 4 nitrogen and oxygen atoms in total. The van der Waals surface area contributed by atoms with Crippen molar-refractivity contribution >= 4 is 5.97 Å². The summed E-state index contributed by atoms with van der Waals surface area (Å²) in [5.41, 5.74) is 5.26. The Bertz CT molecular complexity index is 180. The Morgan fingerprint density at radius 3 is 2.20 bits per heavy atom. The highest BCUT2D eigenvalue weighted by Crippen LogP contribution is 2.18. The van der Waals surface area contributed by atoms with Crippen LogP contribution in [0.25, 0.3) is 0 Å². The van der Waals surface area contributed by atoms with Crippen molar-refractivity contribution in [2.24, 2.45) is 5.73 Å². The molecule has 0 radical (unpaired) electrons. The minimum Gasteiger partial charge on any atom is -0.461 e. The summed E-state index contributed by atoms with van der Waals surface area (Å²) >= 11 is 0. The Morgan fingerprint density at radius 1 is 1.33 bits per heavy atom. The van der Waals surface area contributed by atoms with Crippen molar-refractivity contribution in [3.63, 3.8) is 0 Å². The van der Waals surface area contributed by atoms with Gasteiger partial charge in [-0.1, -0.05) is 13.8 Å². The average molecular weight is 217 g/mol. The van der Waals surface area contributed by atoms with Crippen LogP contribution in [0.1, 0.15) is 40.5 Å². The summed E-state index contributed by atoms with van der Waals surface area (Å²) in [4.78, 5) is 11.3. The second-order valence-corrected chi connectivity index (χ2v) is 3.92. The molecule has 0 fully saturated rings. The first-order valence-corrected chi connectivity index (χ1v) is 5.53. The molecule has 0 aromatic heterocycles. The molecule has 0 atom stereocenters. The van der Waals surface area contributed by atoms with E-state index in [4.69, 9.17) is 15.2 Å². The summed E-state index contributed by atoms with van der Waals surface area (Å²) in [5.74, 6) is -0.329. The summed E-state index contributed by atoms with van der Waals surface area (Å²) < 4.78 is 10.5. The summed E-state index contributed by atoms with van der Waals surface area (Å²) in [7, 11) is 0. The molecule has 0 aliphatic rings. The highest BCUT2D eigenvalue weighted by molar-refractivity contribution is 5.70. The molecule has 15 heavy (non-hydrogen) atoms. The fourth-order valence-electron chi connectivity index (χ4n) is 1.31. The monoisotopic (exact) mass is 217 g/mol. The lowest BCUT2D eigenvalue weighted by atomic mass is 9.97. The van der Waals surface area contributed by atoms with E-state index in [0.717, 1.165) is 12.8 Å². The van der Waals surface area contributed by atoms with Gasteiger partial charge in [0.15, 0.2) is 0 Å². The normalized spacial score (nSPS) is 11.9. The van der Waals surface area contributed by atoms with Gasteiger partial charge in [-0.15, -0.1) is 0 Å². The van der Waals surface area contributed by atoms with Gasteiger partial charge in [0.25, 0.3) is 0 Å². The number of esters is 1. The molecular weight excluding hydrogens is 194 g/mol. The largest absolute Gasteiger partial charge is 0.461 e. The van der Waals surface area contributed by atoms with Crippen LogP contribution in [0.4, 0.5) is 0 Å². The highest BCUT2D eigenvalue weighted by atomic mass is 16.6. The van der Waals surface area contributed by atoms with Gasteiger partial charge in [-0.25, -0.2) is 4.79 Å². The zero-order chi connectivity index (χ0) is 11.9. The third kappa shape index (κ3) is 5.14. The SMILES string of the molecule is CCC(CC)(CN)OCC(=O)OC(C)C. The third-order valence-corrected chi connectivity index (χ3v) is 2.52. The van der Waals surface area contributed by atoms with Crippen molar-refractivity contribution in [3.8, 4) is 0 Å². The number of carbonyl (C=O) groups excluding carboxylic acids is 1. The Morgan fingerprint density at radius 2 is 1.87 bits per heavy atom. The molecule has 4 heteroatoms. The van der Waals surface area contributed by atoms with Gasteiger partial charge in [-0.2, -0.15) is 0 Å². The number of ether oxygens (including phenoxy) is 2. The van der Waals surface area contributed by atoms with Crippen molar-refractivity contribution in [2.75, 3.05) is 13.2 Å². The summed E-state index contributed by atoms with van der Waals surface area (Å²) in [6, 6.07) is 0. The topological polar surface area (TPSA) is 61.5 Å². The predicted octanol–water partition coefficient (Wildman–Crippen LogP) is 1.47. The average Bonchev–Trinajstić information content (AvgIpc) is 2.20. The Balaban J connectivity index is 4.05. The van der Waals surface area contributed by atoms with Crippen LogP contribution in [0.3, 0.4) is 0 Å². The van der Waals surface area contributed by atoms with Crippen molar-refractivity contribution in [3.05, 3.63) is 0 Å². The maximum absolute atomic E-state index is 11.3. The molecule has 2 N–H and O–H groups in total. The lowest BCUT2D eigenvalue weighted by molar-refractivity contribution is -0.160. The third-order valence-electron chi connectivity index (χ3n) is 2.52.